The molecule has 1 saturated heterocycles. The second kappa shape index (κ2) is 6.35. The predicted molar refractivity (Wildman–Crippen MR) is 91.1 cm³/mol. The van der Waals surface area contributed by atoms with E-state index < -0.39 is 5.60 Å². The molecule has 1 aromatic heterocycles. The summed E-state index contributed by atoms with van der Waals surface area (Å²) in [7, 11) is 0. The lowest BCUT2D eigenvalue weighted by Gasteiger charge is -2.33. The van der Waals surface area contributed by atoms with Gasteiger partial charge in [0.1, 0.15) is 11.7 Å². The van der Waals surface area contributed by atoms with E-state index in [1.807, 2.05) is 45.0 Å². The summed E-state index contributed by atoms with van der Waals surface area (Å²) in [5.74, 6) is 0.668. The molecule has 2 aromatic rings. The predicted octanol–water partition coefficient (Wildman–Crippen LogP) is 4.07. The average molecular weight is 334 g/mol. The highest BCUT2D eigenvalue weighted by atomic mass is 32.1. The maximum absolute atomic E-state index is 12.2. The molecule has 1 amide bonds. The Morgan fingerprint density at radius 2 is 2.13 bits per heavy atom. The highest BCUT2D eigenvalue weighted by Crippen LogP contribution is 2.30. The Morgan fingerprint density at radius 1 is 1.35 bits per heavy atom. The fraction of sp³-hybridized carbons (Fsp3) is 0.529. The van der Waals surface area contributed by atoms with Crippen LogP contribution in [0.4, 0.5) is 4.79 Å². The minimum atomic E-state index is -0.476. The van der Waals surface area contributed by atoms with Gasteiger partial charge in [0.05, 0.1) is 16.6 Å². The lowest BCUT2D eigenvalue weighted by molar-refractivity contribution is 0.00753. The second-order valence-electron chi connectivity index (χ2n) is 6.79. The number of carbonyl (C=O) groups excluding carboxylic acids is 1. The lowest BCUT2D eigenvalue weighted by Crippen LogP contribution is -2.46. The zero-order chi connectivity index (χ0) is 16.4. The number of hydrogen-bond acceptors (Lipinski definition) is 5. The molecule has 0 N–H and O–H groups in total. The Bertz CT molecular complexity index is 692. The topological polar surface area (TPSA) is 51.7 Å². The molecule has 1 aromatic carbocycles. The number of hydrogen-bond donors (Lipinski definition) is 0. The van der Waals surface area contributed by atoms with Crippen molar-refractivity contribution >= 4 is 27.7 Å². The van der Waals surface area contributed by atoms with Gasteiger partial charge in [0.25, 0.3) is 0 Å². The van der Waals surface area contributed by atoms with E-state index in [0.717, 1.165) is 22.9 Å². The molecular weight excluding hydrogens is 312 g/mol. The standard InChI is InChI=1S/C17H22N2O3S/c1-17(2,3)22-16(20)19-10-6-7-12(11-19)21-15-13-8-4-5-9-14(13)23-18-15/h4-5,8-9,12H,6-7,10-11H2,1-3H3. The van der Waals surface area contributed by atoms with Crippen LogP contribution in [0.5, 0.6) is 5.88 Å². The summed E-state index contributed by atoms with van der Waals surface area (Å²) in [6.07, 6.45) is 1.52. The van der Waals surface area contributed by atoms with Gasteiger partial charge in [0.15, 0.2) is 0 Å². The fourth-order valence-electron chi connectivity index (χ4n) is 2.63. The van der Waals surface area contributed by atoms with Crippen molar-refractivity contribution in [2.75, 3.05) is 13.1 Å². The van der Waals surface area contributed by atoms with Gasteiger partial charge in [-0.25, -0.2) is 4.79 Å². The molecule has 1 fully saturated rings. The van der Waals surface area contributed by atoms with E-state index in [1.54, 1.807) is 4.90 Å². The zero-order valence-electron chi connectivity index (χ0n) is 13.7. The van der Waals surface area contributed by atoms with Crippen molar-refractivity contribution < 1.29 is 14.3 Å². The van der Waals surface area contributed by atoms with Crippen LogP contribution >= 0.6 is 11.5 Å². The van der Waals surface area contributed by atoms with Crippen LogP contribution in [0, 0.1) is 0 Å². The number of fused-ring (bicyclic) bond motifs is 1. The van der Waals surface area contributed by atoms with E-state index in [4.69, 9.17) is 9.47 Å². The van der Waals surface area contributed by atoms with Crippen LogP contribution in [0.15, 0.2) is 24.3 Å². The molecule has 2 heterocycles. The average Bonchev–Trinajstić information content (AvgIpc) is 2.89. The van der Waals surface area contributed by atoms with E-state index in [2.05, 4.69) is 4.37 Å². The number of nitrogens with zero attached hydrogens (tertiary/aromatic N) is 2. The van der Waals surface area contributed by atoms with Crippen molar-refractivity contribution in [1.82, 2.24) is 9.27 Å². The van der Waals surface area contributed by atoms with Gasteiger partial charge in [-0.15, -0.1) is 0 Å². The van der Waals surface area contributed by atoms with Gasteiger partial charge in [0, 0.05) is 6.54 Å². The Morgan fingerprint density at radius 3 is 2.91 bits per heavy atom. The van der Waals surface area contributed by atoms with Gasteiger partial charge >= 0.3 is 6.09 Å². The molecule has 23 heavy (non-hydrogen) atoms. The van der Waals surface area contributed by atoms with E-state index >= 15 is 0 Å². The third-order valence-electron chi connectivity index (χ3n) is 3.65. The first-order chi connectivity index (χ1) is 10.9. The Labute approximate surface area is 140 Å². The monoisotopic (exact) mass is 334 g/mol. The normalized spacial score (nSPS) is 18.9. The SMILES string of the molecule is CC(C)(C)OC(=O)N1CCCC(Oc2nsc3ccccc23)C1. The third kappa shape index (κ3) is 3.93. The molecule has 0 spiro atoms. The van der Waals surface area contributed by atoms with Gasteiger partial charge in [-0.1, -0.05) is 12.1 Å². The first-order valence-corrected chi connectivity index (χ1v) is 8.69. The number of aromatic nitrogens is 1. The smallest absolute Gasteiger partial charge is 0.410 e. The quantitative estimate of drug-likeness (QED) is 0.830. The number of likely N-dealkylation sites (tertiary alicyclic amines) is 1. The summed E-state index contributed by atoms with van der Waals surface area (Å²) < 4.78 is 17.0. The molecule has 6 heteroatoms. The number of piperidine rings is 1. The van der Waals surface area contributed by atoms with Crippen LogP contribution in [0.2, 0.25) is 0 Å². The number of ether oxygens (including phenoxy) is 2. The van der Waals surface area contributed by atoms with Crippen LogP contribution in [-0.2, 0) is 4.74 Å². The summed E-state index contributed by atoms with van der Waals surface area (Å²) in [5, 5.41) is 1.03. The molecule has 124 valence electrons. The molecule has 1 aliphatic heterocycles. The maximum atomic E-state index is 12.2. The summed E-state index contributed by atoms with van der Waals surface area (Å²) in [6, 6.07) is 8.03. The third-order valence-corrected chi connectivity index (χ3v) is 4.46. The Balaban J connectivity index is 1.66. The summed E-state index contributed by atoms with van der Waals surface area (Å²) in [6.45, 7) is 6.89. The van der Waals surface area contributed by atoms with Crippen molar-refractivity contribution in [1.29, 1.82) is 0 Å². The van der Waals surface area contributed by atoms with Gasteiger partial charge < -0.3 is 14.4 Å². The second-order valence-corrected chi connectivity index (χ2v) is 7.60. The van der Waals surface area contributed by atoms with Crippen molar-refractivity contribution in [3.8, 4) is 5.88 Å². The highest BCUT2D eigenvalue weighted by Gasteiger charge is 2.29. The van der Waals surface area contributed by atoms with Crippen LogP contribution in [0.1, 0.15) is 33.6 Å². The van der Waals surface area contributed by atoms with E-state index in [1.165, 1.54) is 11.5 Å². The number of carbonyl (C=O) groups is 1. The van der Waals surface area contributed by atoms with Crippen molar-refractivity contribution in [2.24, 2.45) is 0 Å². The lowest BCUT2D eigenvalue weighted by atomic mass is 10.1. The first-order valence-electron chi connectivity index (χ1n) is 7.91. The molecule has 1 atom stereocenters. The molecular formula is C17H22N2O3S. The van der Waals surface area contributed by atoms with Crippen LogP contribution in [-0.4, -0.2) is 40.2 Å². The van der Waals surface area contributed by atoms with Crippen molar-refractivity contribution in [3.05, 3.63) is 24.3 Å². The largest absolute Gasteiger partial charge is 0.471 e. The van der Waals surface area contributed by atoms with Gasteiger partial charge in [-0.3, -0.25) is 0 Å². The van der Waals surface area contributed by atoms with E-state index in [-0.39, 0.29) is 12.2 Å². The van der Waals surface area contributed by atoms with Crippen LogP contribution in [0.25, 0.3) is 10.1 Å². The fourth-order valence-corrected chi connectivity index (χ4v) is 3.35. The molecule has 5 nitrogen and oxygen atoms in total. The number of benzene rings is 1. The minimum Gasteiger partial charge on any atom is -0.471 e. The maximum Gasteiger partial charge on any atom is 0.410 e. The van der Waals surface area contributed by atoms with Crippen LogP contribution < -0.4 is 4.74 Å². The molecule has 0 aliphatic carbocycles. The van der Waals surface area contributed by atoms with Crippen molar-refractivity contribution in [3.63, 3.8) is 0 Å². The Kier molecular flexibility index (Phi) is 4.43. The van der Waals surface area contributed by atoms with Crippen LogP contribution in [0.3, 0.4) is 0 Å². The molecule has 0 bridgehead atoms. The molecule has 0 saturated carbocycles. The molecule has 1 aliphatic rings. The van der Waals surface area contributed by atoms with Crippen molar-refractivity contribution in [2.45, 2.75) is 45.3 Å². The molecule has 0 radical (unpaired) electrons. The van der Waals surface area contributed by atoms with E-state index in [0.29, 0.717) is 19.0 Å². The zero-order valence-corrected chi connectivity index (χ0v) is 14.6. The van der Waals surface area contributed by atoms with Gasteiger partial charge in [-0.05, 0) is 57.3 Å². The van der Waals surface area contributed by atoms with Gasteiger partial charge in [-0.2, -0.15) is 4.37 Å². The first kappa shape index (κ1) is 16.1. The Hall–Kier alpha value is -1.82. The van der Waals surface area contributed by atoms with E-state index in [9.17, 15) is 4.79 Å². The molecule has 3 rings (SSSR count). The summed E-state index contributed by atoms with van der Waals surface area (Å²) in [4.78, 5) is 13.9. The number of amides is 1. The number of rotatable bonds is 2. The molecule has 1 unspecified atom stereocenters. The highest BCUT2D eigenvalue weighted by molar-refractivity contribution is 7.13. The summed E-state index contributed by atoms with van der Waals surface area (Å²) >= 11 is 1.44. The van der Waals surface area contributed by atoms with Gasteiger partial charge in [0.2, 0.25) is 5.88 Å². The summed E-state index contributed by atoms with van der Waals surface area (Å²) in [5.41, 5.74) is -0.476. The minimum absolute atomic E-state index is 0.0400.